The van der Waals surface area contributed by atoms with Gasteiger partial charge in [0.05, 0.1) is 0 Å². The van der Waals surface area contributed by atoms with Crippen molar-refractivity contribution >= 4 is 17.8 Å². The summed E-state index contributed by atoms with van der Waals surface area (Å²) in [5.74, 6) is -1.84. The predicted molar refractivity (Wildman–Crippen MR) is 72.9 cm³/mol. The number of carbonyl (C=O) groups excluding carboxylic acids is 3. The van der Waals surface area contributed by atoms with E-state index in [1.807, 2.05) is 13.0 Å². The maximum absolute atomic E-state index is 11.9. The van der Waals surface area contributed by atoms with E-state index in [-0.39, 0.29) is 5.91 Å². The Bertz CT molecular complexity index is 528. The summed E-state index contributed by atoms with van der Waals surface area (Å²) in [4.78, 5) is 34.4. The van der Waals surface area contributed by atoms with Gasteiger partial charge in [0, 0.05) is 5.56 Å². The van der Waals surface area contributed by atoms with Gasteiger partial charge in [-0.05, 0) is 32.9 Å². The summed E-state index contributed by atoms with van der Waals surface area (Å²) in [5, 5.41) is 2.50. The monoisotopic (exact) mass is 278 g/mol. The molecule has 6 heteroatoms. The van der Waals surface area contributed by atoms with Crippen LogP contribution in [0, 0.1) is 6.92 Å². The molecule has 0 unspecified atom stereocenters. The summed E-state index contributed by atoms with van der Waals surface area (Å²) in [7, 11) is 0. The van der Waals surface area contributed by atoms with Gasteiger partial charge in [-0.3, -0.25) is 9.59 Å². The van der Waals surface area contributed by atoms with Crippen molar-refractivity contribution < 1.29 is 19.1 Å². The normalized spacial score (nSPS) is 13.2. The van der Waals surface area contributed by atoms with E-state index in [2.05, 4.69) is 5.32 Å². The number of hydrogen-bond acceptors (Lipinski definition) is 4. The lowest BCUT2D eigenvalue weighted by Crippen LogP contribution is -2.42. The minimum Gasteiger partial charge on any atom is -0.451 e. The van der Waals surface area contributed by atoms with Gasteiger partial charge in [-0.1, -0.05) is 17.7 Å². The molecule has 6 nitrogen and oxygen atoms in total. The quantitative estimate of drug-likeness (QED) is 0.767. The fourth-order valence-corrected chi connectivity index (χ4v) is 1.46. The van der Waals surface area contributed by atoms with Crippen LogP contribution in [0.3, 0.4) is 0 Å². The van der Waals surface area contributed by atoms with E-state index in [4.69, 9.17) is 10.5 Å². The molecule has 0 saturated carbocycles. The number of esters is 1. The van der Waals surface area contributed by atoms with Crippen LogP contribution in [0.5, 0.6) is 0 Å². The molecular formula is C14H18N2O4. The molecule has 108 valence electrons. The molecule has 0 spiro atoms. The van der Waals surface area contributed by atoms with E-state index < -0.39 is 24.0 Å². The summed E-state index contributed by atoms with van der Waals surface area (Å²) >= 11 is 0. The van der Waals surface area contributed by atoms with E-state index in [0.29, 0.717) is 5.56 Å². The third kappa shape index (κ3) is 4.38. The first-order valence-electron chi connectivity index (χ1n) is 6.18. The van der Waals surface area contributed by atoms with Crippen LogP contribution in [-0.2, 0) is 14.3 Å². The van der Waals surface area contributed by atoms with Crippen molar-refractivity contribution in [2.45, 2.75) is 32.9 Å². The van der Waals surface area contributed by atoms with Crippen molar-refractivity contribution in [2.24, 2.45) is 5.73 Å². The third-order valence-electron chi connectivity index (χ3n) is 2.68. The van der Waals surface area contributed by atoms with Gasteiger partial charge in [-0.2, -0.15) is 0 Å². The number of carbonyl (C=O) groups is 3. The van der Waals surface area contributed by atoms with Crippen LogP contribution >= 0.6 is 0 Å². The number of hydrogen-bond donors (Lipinski definition) is 2. The van der Waals surface area contributed by atoms with Gasteiger partial charge in [0.1, 0.15) is 6.04 Å². The topological polar surface area (TPSA) is 98.5 Å². The molecule has 2 amide bonds. The molecule has 1 aromatic rings. The third-order valence-corrected chi connectivity index (χ3v) is 2.68. The van der Waals surface area contributed by atoms with Crippen LogP contribution in [0.15, 0.2) is 24.3 Å². The zero-order valence-electron chi connectivity index (χ0n) is 11.7. The summed E-state index contributed by atoms with van der Waals surface area (Å²) in [6.45, 7) is 4.71. The molecule has 20 heavy (non-hydrogen) atoms. The predicted octanol–water partition coefficient (Wildman–Crippen LogP) is 0.530. The Balaban J connectivity index is 2.61. The number of amides is 2. The SMILES string of the molecule is Cc1cccc(C(=O)N[C@@H](C)C(=O)O[C@@H](C)C(N)=O)c1. The van der Waals surface area contributed by atoms with Gasteiger partial charge in [0.2, 0.25) is 0 Å². The largest absolute Gasteiger partial charge is 0.451 e. The first kappa shape index (κ1) is 15.7. The summed E-state index contributed by atoms with van der Waals surface area (Å²) < 4.78 is 4.81. The molecule has 0 radical (unpaired) electrons. The Morgan fingerprint density at radius 2 is 1.90 bits per heavy atom. The highest BCUT2D eigenvalue weighted by Crippen LogP contribution is 2.04. The molecule has 0 fully saturated rings. The van der Waals surface area contributed by atoms with Crippen LogP contribution < -0.4 is 11.1 Å². The van der Waals surface area contributed by atoms with Crippen molar-refractivity contribution in [3.05, 3.63) is 35.4 Å². The van der Waals surface area contributed by atoms with E-state index in [0.717, 1.165) is 5.56 Å². The maximum Gasteiger partial charge on any atom is 0.329 e. The van der Waals surface area contributed by atoms with Gasteiger partial charge < -0.3 is 15.8 Å². The minimum atomic E-state index is -1.03. The van der Waals surface area contributed by atoms with Gasteiger partial charge in [0.25, 0.3) is 11.8 Å². The average molecular weight is 278 g/mol. The van der Waals surface area contributed by atoms with Crippen LogP contribution in [0.1, 0.15) is 29.8 Å². The van der Waals surface area contributed by atoms with Crippen LogP contribution in [-0.4, -0.2) is 29.9 Å². The zero-order valence-corrected chi connectivity index (χ0v) is 11.7. The molecule has 0 aromatic heterocycles. The fourth-order valence-electron chi connectivity index (χ4n) is 1.46. The number of nitrogens with one attached hydrogen (secondary N) is 1. The van der Waals surface area contributed by atoms with Crippen molar-refractivity contribution in [3.8, 4) is 0 Å². The summed E-state index contributed by atoms with van der Waals surface area (Å²) in [6.07, 6.45) is -1.03. The number of rotatable bonds is 5. The summed E-state index contributed by atoms with van der Waals surface area (Å²) in [5.41, 5.74) is 6.38. The molecule has 0 aliphatic carbocycles. The van der Waals surface area contributed by atoms with Crippen LogP contribution in [0.2, 0.25) is 0 Å². The highest BCUT2D eigenvalue weighted by atomic mass is 16.5. The first-order chi connectivity index (χ1) is 9.31. The number of aryl methyl sites for hydroxylation is 1. The fraction of sp³-hybridized carbons (Fsp3) is 0.357. The van der Waals surface area contributed by atoms with Crippen molar-refractivity contribution in [1.82, 2.24) is 5.32 Å². The highest BCUT2D eigenvalue weighted by molar-refractivity contribution is 5.97. The maximum atomic E-state index is 11.9. The highest BCUT2D eigenvalue weighted by Gasteiger charge is 2.22. The molecule has 0 aliphatic rings. The number of nitrogens with two attached hydrogens (primary N) is 1. The average Bonchev–Trinajstić information content (AvgIpc) is 2.38. The van der Waals surface area contributed by atoms with E-state index in [1.54, 1.807) is 18.2 Å². The van der Waals surface area contributed by atoms with Gasteiger partial charge in [-0.15, -0.1) is 0 Å². The standard InChI is InChI=1S/C14H18N2O4/c1-8-5-4-6-11(7-8)13(18)16-9(2)14(19)20-10(3)12(15)17/h4-7,9-10H,1-3H3,(H2,15,17)(H,16,18)/t9-,10-/m0/s1. The first-order valence-corrected chi connectivity index (χ1v) is 6.18. The van der Waals surface area contributed by atoms with E-state index in [9.17, 15) is 14.4 Å². The molecule has 0 heterocycles. The molecule has 2 atom stereocenters. The van der Waals surface area contributed by atoms with Gasteiger partial charge in [-0.25, -0.2) is 4.79 Å². The molecule has 1 aromatic carbocycles. The van der Waals surface area contributed by atoms with Crippen molar-refractivity contribution in [3.63, 3.8) is 0 Å². The molecule has 0 aliphatic heterocycles. The molecule has 0 bridgehead atoms. The van der Waals surface area contributed by atoms with Crippen LogP contribution in [0.25, 0.3) is 0 Å². The smallest absolute Gasteiger partial charge is 0.329 e. The Morgan fingerprint density at radius 1 is 1.25 bits per heavy atom. The van der Waals surface area contributed by atoms with Crippen molar-refractivity contribution in [2.75, 3.05) is 0 Å². The van der Waals surface area contributed by atoms with E-state index in [1.165, 1.54) is 13.8 Å². The molecule has 3 N–H and O–H groups in total. The minimum absolute atomic E-state index is 0.384. The molecule has 1 rings (SSSR count). The second kappa shape index (κ2) is 6.70. The lowest BCUT2D eigenvalue weighted by Gasteiger charge is -2.16. The zero-order chi connectivity index (χ0) is 15.3. The summed E-state index contributed by atoms with van der Waals surface area (Å²) in [6, 6.07) is 6.10. The lowest BCUT2D eigenvalue weighted by molar-refractivity contribution is -0.155. The second-order valence-corrected chi connectivity index (χ2v) is 4.55. The van der Waals surface area contributed by atoms with E-state index >= 15 is 0 Å². The second-order valence-electron chi connectivity index (χ2n) is 4.55. The Hall–Kier alpha value is -2.37. The number of benzene rings is 1. The number of primary amides is 1. The van der Waals surface area contributed by atoms with Crippen LogP contribution in [0.4, 0.5) is 0 Å². The van der Waals surface area contributed by atoms with Crippen molar-refractivity contribution in [1.29, 1.82) is 0 Å². The van der Waals surface area contributed by atoms with Gasteiger partial charge >= 0.3 is 5.97 Å². The van der Waals surface area contributed by atoms with Gasteiger partial charge in [0.15, 0.2) is 6.10 Å². The molecular weight excluding hydrogens is 260 g/mol. The Labute approximate surface area is 117 Å². The number of ether oxygens (including phenoxy) is 1. The molecule has 0 saturated heterocycles. The lowest BCUT2D eigenvalue weighted by atomic mass is 10.1. The Morgan fingerprint density at radius 3 is 2.45 bits per heavy atom. The Kier molecular flexibility index (Phi) is 5.25.